The Morgan fingerprint density at radius 2 is 1.79 bits per heavy atom. The van der Waals surface area contributed by atoms with Crippen LogP contribution in [0.2, 0.25) is 10.0 Å². The second-order valence-electron chi connectivity index (χ2n) is 6.75. The first-order chi connectivity index (χ1) is 15.9. The highest BCUT2D eigenvalue weighted by Gasteiger charge is 2.25. The van der Waals surface area contributed by atoms with Crippen LogP contribution in [-0.2, 0) is 9.53 Å². The minimum Gasteiger partial charge on any atom is -0.493 e. The van der Waals surface area contributed by atoms with Gasteiger partial charge in [0.15, 0.2) is 17.2 Å². The standard InChI is InChI=1S/C24H14BrCl2NO5/c1-31-20-12-13(10-18(27)21(20)32-23(29)16-4-2-3-5-17(16)26)11-19-24(30)33-22(28-19)14-6-8-15(25)9-7-14/h2-12H,1H3/b19-11-. The molecule has 166 valence electrons. The molecule has 1 aliphatic heterocycles. The number of halogens is 3. The van der Waals surface area contributed by atoms with Crippen LogP contribution in [-0.4, -0.2) is 24.9 Å². The van der Waals surface area contributed by atoms with Crippen LogP contribution in [0, 0.1) is 0 Å². The third-order valence-electron chi connectivity index (χ3n) is 4.56. The number of aliphatic imine (C=N–C) groups is 1. The Bertz CT molecular complexity index is 1320. The highest BCUT2D eigenvalue weighted by molar-refractivity contribution is 9.10. The Balaban J connectivity index is 1.63. The SMILES string of the molecule is COc1cc(/C=C2\N=C(c3ccc(Br)cc3)OC2=O)cc(Cl)c1OC(=O)c1ccccc1Cl. The van der Waals surface area contributed by atoms with Gasteiger partial charge in [-0.2, -0.15) is 0 Å². The molecule has 0 radical (unpaired) electrons. The highest BCUT2D eigenvalue weighted by atomic mass is 79.9. The summed E-state index contributed by atoms with van der Waals surface area (Å²) in [6.45, 7) is 0. The lowest BCUT2D eigenvalue weighted by Crippen LogP contribution is -2.10. The number of rotatable bonds is 5. The van der Waals surface area contributed by atoms with E-state index < -0.39 is 11.9 Å². The quantitative estimate of drug-likeness (QED) is 0.212. The lowest BCUT2D eigenvalue weighted by atomic mass is 10.1. The van der Waals surface area contributed by atoms with Gasteiger partial charge in [-0.05, 0) is 60.2 Å². The van der Waals surface area contributed by atoms with Crippen molar-refractivity contribution < 1.29 is 23.8 Å². The zero-order valence-corrected chi connectivity index (χ0v) is 20.1. The summed E-state index contributed by atoms with van der Waals surface area (Å²) in [6, 6.07) is 16.8. The zero-order chi connectivity index (χ0) is 23.5. The summed E-state index contributed by atoms with van der Waals surface area (Å²) in [5.74, 6) is -0.869. The summed E-state index contributed by atoms with van der Waals surface area (Å²) in [5, 5.41) is 0.350. The number of nitrogens with zero attached hydrogens (tertiary/aromatic N) is 1. The molecule has 0 saturated carbocycles. The van der Waals surface area contributed by atoms with Gasteiger partial charge in [-0.25, -0.2) is 14.6 Å². The normalized spacial score (nSPS) is 14.1. The van der Waals surface area contributed by atoms with E-state index in [4.69, 9.17) is 37.4 Å². The number of benzene rings is 3. The van der Waals surface area contributed by atoms with Crippen molar-refractivity contribution in [2.75, 3.05) is 7.11 Å². The van der Waals surface area contributed by atoms with Crippen LogP contribution in [0.4, 0.5) is 0 Å². The molecule has 0 spiro atoms. The number of methoxy groups -OCH3 is 1. The Morgan fingerprint density at radius 1 is 1.06 bits per heavy atom. The van der Waals surface area contributed by atoms with Crippen molar-refractivity contribution in [3.8, 4) is 11.5 Å². The van der Waals surface area contributed by atoms with Gasteiger partial charge in [-0.3, -0.25) is 0 Å². The van der Waals surface area contributed by atoms with Crippen molar-refractivity contribution in [3.05, 3.63) is 97.6 Å². The van der Waals surface area contributed by atoms with Gasteiger partial charge in [0, 0.05) is 10.0 Å². The largest absolute Gasteiger partial charge is 0.493 e. The third-order valence-corrected chi connectivity index (χ3v) is 5.69. The molecule has 0 atom stereocenters. The Kier molecular flexibility index (Phi) is 6.83. The first kappa shape index (κ1) is 23.0. The summed E-state index contributed by atoms with van der Waals surface area (Å²) in [7, 11) is 1.41. The Labute approximate surface area is 207 Å². The predicted molar refractivity (Wildman–Crippen MR) is 129 cm³/mol. The number of ether oxygens (including phenoxy) is 3. The Hall–Kier alpha value is -3.13. The van der Waals surface area contributed by atoms with Gasteiger partial charge in [-0.1, -0.05) is 51.3 Å². The van der Waals surface area contributed by atoms with E-state index in [2.05, 4.69) is 20.9 Å². The van der Waals surface area contributed by atoms with Crippen LogP contribution in [0.3, 0.4) is 0 Å². The average Bonchev–Trinajstić information content (AvgIpc) is 3.16. The lowest BCUT2D eigenvalue weighted by Gasteiger charge is -2.12. The van der Waals surface area contributed by atoms with E-state index in [1.54, 1.807) is 36.4 Å². The minimum absolute atomic E-state index is 0.0271. The van der Waals surface area contributed by atoms with Crippen LogP contribution in [0.5, 0.6) is 11.5 Å². The van der Waals surface area contributed by atoms with E-state index in [1.165, 1.54) is 25.3 Å². The second kappa shape index (κ2) is 9.79. The molecular formula is C24H14BrCl2NO5. The first-order valence-corrected chi connectivity index (χ1v) is 11.0. The molecule has 0 aliphatic carbocycles. The van der Waals surface area contributed by atoms with Gasteiger partial charge in [-0.15, -0.1) is 0 Å². The first-order valence-electron chi connectivity index (χ1n) is 9.48. The number of esters is 2. The fourth-order valence-electron chi connectivity index (χ4n) is 2.98. The van der Waals surface area contributed by atoms with Crippen molar-refractivity contribution in [2.24, 2.45) is 4.99 Å². The molecule has 0 fully saturated rings. The van der Waals surface area contributed by atoms with E-state index >= 15 is 0 Å². The highest BCUT2D eigenvalue weighted by Crippen LogP contribution is 2.38. The van der Waals surface area contributed by atoms with Crippen molar-refractivity contribution in [2.45, 2.75) is 0 Å². The van der Waals surface area contributed by atoms with Crippen molar-refractivity contribution in [1.29, 1.82) is 0 Å². The van der Waals surface area contributed by atoms with E-state index in [9.17, 15) is 9.59 Å². The zero-order valence-electron chi connectivity index (χ0n) is 17.0. The predicted octanol–water partition coefficient (Wildman–Crippen LogP) is 6.33. The van der Waals surface area contributed by atoms with Gasteiger partial charge >= 0.3 is 11.9 Å². The summed E-state index contributed by atoms with van der Waals surface area (Å²) in [6.07, 6.45) is 1.50. The van der Waals surface area contributed by atoms with Crippen LogP contribution >= 0.6 is 39.1 Å². The van der Waals surface area contributed by atoms with Crippen molar-refractivity contribution in [3.63, 3.8) is 0 Å². The fraction of sp³-hybridized carbons (Fsp3) is 0.0417. The molecule has 0 aromatic heterocycles. The molecule has 0 unspecified atom stereocenters. The number of carbonyl (C=O) groups is 2. The maximum absolute atomic E-state index is 12.5. The molecule has 6 nitrogen and oxygen atoms in total. The average molecular weight is 547 g/mol. The molecular weight excluding hydrogens is 533 g/mol. The van der Waals surface area contributed by atoms with E-state index in [0.717, 1.165) is 4.47 Å². The fourth-order valence-corrected chi connectivity index (χ4v) is 3.71. The van der Waals surface area contributed by atoms with Gasteiger partial charge in [0.05, 0.1) is 22.7 Å². The number of carbonyl (C=O) groups excluding carboxylic acids is 2. The van der Waals surface area contributed by atoms with Crippen molar-refractivity contribution in [1.82, 2.24) is 0 Å². The van der Waals surface area contributed by atoms with E-state index in [0.29, 0.717) is 11.1 Å². The molecule has 3 aromatic carbocycles. The monoisotopic (exact) mass is 545 g/mol. The number of hydrogen-bond acceptors (Lipinski definition) is 6. The molecule has 3 aromatic rings. The second-order valence-corrected chi connectivity index (χ2v) is 8.48. The van der Waals surface area contributed by atoms with E-state index in [-0.39, 0.29) is 38.7 Å². The summed E-state index contributed by atoms with van der Waals surface area (Å²) in [5.41, 5.74) is 1.44. The van der Waals surface area contributed by atoms with Gasteiger partial charge in [0.25, 0.3) is 0 Å². The van der Waals surface area contributed by atoms with Gasteiger partial charge in [0.2, 0.25) is 5.90 Å². The smallest absolute Gasteiger partial charge is 0.363 e. The molecule has 33 heavy (non-hydrogen) atoms. The molecule has 0 N–H and O–H groups in total. The minimum atomic E-state index is -0.685. The molecule has 4 rings (SSSR count). The van der Waals surface area contributed by atoms with Crippen molar-refractivity contribution >= 4 is 63.0 Å². The topological polar surface area (TPSA) is 74.2 Å². The van der Waals surface area contributed by atoms with E-state index in [1.807, 2.05) is 12.1 Å². The molecule has 1 heterocycles. The molecule has 9 heteroatoms. The van der Waals surface area contributed by atoms with Gasteiger partial charge in [0.1, 0.15) is 0 Å². The Morgan fingerprint density at radius 3 is 2.48 bits per heavy atom. The molecule has 1 aliphatic rings. The van der Waals surface area contributed by atoms with Crippen LogP contribution in [0.25, 0.3) is 6.08 Å². The summed E-state index contributed by atoms with van der Waals surface area (Å²) in [4.78, 5) is 29.1. The maximum atomic E-state index is 12.5. The van der Waals surface area contributed by atoms with Gasteiger partial charge < -0.3 is 14.2 Å². The molecule has 0 bridgehead atoms. The molecule has 0 amide bonds. The third kappa shape index (κ3) is 5.11. The van der Waals surface area contributed by atoms with Crippen LogP contribution in [0.15, 0.2) is 75.8 Å². The molecule has 0 saturated heterocycles. The lowest BCUT2D eigenvalue weighted by molar-refractivity contribution is -0.129. The summed E-state index contributed by atoms with van der Waals surface area (Å²) >= 11 is 15.8. The van der Waals surface area contributed by atoms with Crippen LogP contribution < -0.4 is 9.47 Å². The van der Waals surface area contributed by atoms with Crippen LogP contribution in [0.1, 0.15) is 21.5 Å². The number of hydrogen-bond donors (Lipinski definition) is 0. The number of cyclic esters (lactones) is 1. The maximum Gasteiger partial charge on any atom is 0.363 e. The summed E-state index contributed by atoms with van der Waals surface area (Å²) < 4.78 is 17.0.